The number of phenols is 1. The number of amides is 2. The fraction of sp³-hybridized carbons (Fsp3) is 0.250. The molecule has 4 aromatic carbocycles. The standard InChI is InChI=1S/C36H38N4O6/c37-20-31(42)35(36(44)40(34(43)21-38)23-30(27-7-3-1-4-8-27)28-9-5-2-6-10-28)39(18-17-25-11-14-29(41)15-12-25)22-26-13-16-32-33(19-26)46-24-45-32/h1-16,19,30,35,41H,17-18,20-24,37-38H2. The lowest BCUT2D eigenvalue weighted by molar-refractivity contribution is -0.150. The molecule has 0 fully saturated rings. The van der Waals surface area contributed by atoms with Gasteiger partial charge in [0.1, 0.15) is 5.75 Å². The lowest BCUT2D eigenvalue weighted by atomic mass is 9.90. The molecular weight excluding hydrogens is 584 g/mol. The summed E-state index contributed by atoms with van der Waals surface area (Å²) in [5.41, 5.74) is 15.2. The van der Waals surface area contributed by atoms with Crippen LogP contribution in [0, 0.1) is 0 Å². The van der Waals surface area contributed by atoms with Crippen LogP contribution < -0.4 is 20.9 Å². The quantitative estimate of drug-likeness (QED) is 0.180. The third-order valence-corrected chi connectivity index (χ3v) is 8.06. The van der Waals surface area contributed by atoms with Gasteiger partial charge in [-0.1, -0.05) is 78.9 Å². The van der Waals surface area contributed by atoms with Crippen molar-refractivity contribution < 1.29 is 29.0 Å². The van der Waals surface area contributed by atoms with Gasteiger partial charge in [0.25, 0.3) is 5.91 Å². The summed E-state index contributed by atoms with van der Waals surface area (Å²) in [6.45, 7) is -0.279. The second-order valence-electron chi connectivity index (χ2n) is 11.1. The number of benzene rings is 4. The topological polar surface area (TPSA) is 148 Å². The van der Waals surface area contributed by atoms with E-state index in [2.05, 4.69) is 0 Å². The summed E-state index contributed by atoms with van der Waals surface area (Å²) in [5.74, 6) is -0.866. The fourth-order valence-electron chi connectivity index (χ4n) is 5.65. The minimum absolute atomic E-state index is 0.0208. The van der Waals surface area contributed by atoms with Crippen molar-refractivity contribution >= 4 is 17.6 Å². The van der Waals surface area contributed by atoms with Crippen molar-refractivity contribution in [2.75, 3.05) is 33.0 Å². The predicted molar refractivity (Wildman–Crippen MR) is 173 cm³/mol. The van der Waals surface area contributed by atoms with Crippen LogP contribution in [0.1, 0.15) is 28.2 Å². The molecule has 0 spiro atoms. The van der Waals surface area contributed by atoms with E-state index in [4.69, 9.17) is 20.9 Å². The van der Waals surface area contributed by atoms with Crippen LogP contribution in [0.5, 0.6) is 17.2 Å². The minimum Gasteiger partial charge on any atom is -0.508 e. The Bertz CT molecular complexity index is 1590. The fourth-order valence-corrected chi connectivity index (χ4v) is 5.65. The summed E-state index contributed by atoms with van der Waals surface area (Å²) in [6.07, 6.45) is 0.452. The zero-order valence-electron chi connectivity index (χ0n) is 25.5. The molecule has 0 bridgehead atoms. The number of hydrogen-bond acceptors (Lipinski definition) is 9. The van der Waals surface area contributed by atoms with Gasteiger partial charge in [0.15, 0.2) is 23.3 Å². The molecule has 10 nitrogen and oxygen atoms in total. The van der Waals surface area contributed by atoms with Crippen molar-refractivity contribution in [3.05, 3.63) is 125 Å². The number of aromatic hydroxyl groups is 1. The van der Waals surface area contributed by atoms with Crippen LogP contribution in [0.15, 0.2) is 103 Å². The normalized spacial score (nSPS) is 12.7. The number of phenolic OH excluding ortho intramolecular Hbond substituents is 1. The van der Waals surface area contributed by atoms with Crippen molar-refractivity contribution in [3.8, 4) is 17.2 Å². The number of nitrogens with two attached hydrogens (primary N) is 2. The number of carbonyl (C=O) groups is 3. The number of nitrogens with zero attached hydrogens (tertiary/aromatic N) is 2. The average Bonchev–Trinajstić information content (AvgIpc) is 3.57. The van der Waals surface area contributed by atoms with Gasteiger partial charge in [-0.2, -0.15) is 0 Å². The van der Waals surface area contributed by atoms with Gasteiger partial charge in [-0.15, -0.1) is 0 Å². The minimum atomic E-state index is -1.37. The molecule has 10 heteroatoms. The van der Waals surface area contributed by atoms with E-state index in [1.165, 1.54) is 0 Å². The third kappa shape index (κ3) is 7.78. The number of imide groups is 1. The Labute approximate surface area is 268 Å². The highest BCUT2D eigenvalue weighted by Crippen LogP contribution is 2.33. The maximum Gasteiger partial charge on any atom is 0.254 e. The van der Waals surface area contributed by atoms with E-state index in [-0.39, 0.29) is 38.1 Å². The van der Waals surface area contributed by atoms with Gasteiger partial charge in [-0.05, 0) is 52.9 Å². The highest BCUT2D eigenvalue weighted by Gasteiger charge is 2.38. The number of carbonyl (C=O) groups excluding carboxylic acids is 3. The van der Waals surface area contributed by atoms with E-state index in [0.29, 0.717) is 17.9 Å². The third-order valence-electron chi connectivity index (χ3n) is 8.06. The molecule has 1 aliphatic heterocycles. The van der Waals surface area contributed by atoms with E-state index in [0.717, 1.165) is 27.2 Å². The molecule has 0 aliphatic carbocycles. The highest BCUT2D eigenvalue weighted by atomic mass is 16.7. The number of rotatable bonds is 14. The van der Waals surface area contributed by atoms with Crippen LogP contribution in [0.3, 0.4) is 0 Å². The van der Waals surface area contributed by atoms with Gasteiger partial charge in [0, 0.05) is 25.6 Å². The van der Waals surface area contributed by atoms with Crippen molar-refractivity contribution in [1.29, 1.82) is 0 Å². The first-order valence-electron chi connectivity index (χ1n) is 15.2. The summed E-state index contributed by atoms with van der Waals surface area (Å²) in [4.78, 5) is 44.5. The van der Waals surface area contributed by atoms with E-state index in [9.17, 15) is 19.5 Å². The number of hydrogen-bond donors (Lipinski definition) is 3. The molecule has 46 heavy (non-hydrogen) atoms. The molecule has 238 valence electrons. The summed E-state index contributed by atoms with van der Waals surface area (Å²) >= 11 is 0. The van der Waals surface area contributed by atoms with Crippen LogP contribution in [0.2, 0.25) is 0 Å². The molecule has 2 amide bonds. The molecule has 1 atom stereocenters. The second-order valence-corrected chi connectivity index (χ2v) is 11.1. The van der Waals surface area contributed by atoms with E-state index < -0.39 is 36.7 Å². The maximum atomic E-state index is 14.6. The molecule has 5 rings (SSSR count). The average molecular weight is 623 g/mol. The number of fused-ring (bicyclic) bond motifs is 1. The predicted octanol–water partition coefficient (Wildman–Crippen LogP) is 3.21. The molecule has 4 aromatic rings. The van der Waals surface area contributed by atoms with Crippen molar-refractivity contribution in [2.24, 2.45) is 11.5 Å². The Hall–Kier alpha value is -5.03. The van der Waals surface area contributed by atoms with Gasteiger partial charge in [0.05, 0.1) is 13.1 Å². The zero-order valence-corrected chi connectivity index (χ0v) is 25.5. The lowest BCUT2D eigenvalue weighted by Gasteiger charge is -2.34. The first-order valence-corrected chi connectivity index (χ1v) is 15.2. The summed E-state index contributed by atoms with van der Waals surface area (Å²) in [5, 5.41) is 9.76. The van der Waals surface area contributed by atoms with Crippen LogP contribution >= 0.6 is 0 Å². The van der Waals surface area contributed by atoms with Crippen LogP contribution in [0.4, 0.5) is 0 Å². The van der Waals surface area contributed by atoms with Crippen LogP contribution in [-0.4, -0.2) is 71.5 Å². The van der Waals surface area contributed by atoms with Crippen LogP contribution in [-0.2, 0) is 27.3 Å². The van der Waals surface area contributed by atoms with Crippen LogP contribution in [0.25, 0.3) is 0 Å². The zero-order chi connectivity index (χ0) is 32.5. The SMILES string of the molecule is NCC(=O)C(C(=O)N(CC(c1ccccc1)c1ccccc1)C(=O)CN)N(CCc1ccc(O)cc1)Cc1ccc2c(c1)OCO2. The first-order chi connectivity index (χ1) is 22.4. The van der Waals surface area contributed by atoms with Gasteiger partial charge in [-0.3, -0.25) is 24.2 Å². The summed E-state index contributed by atoms with van der Waals surface area (Å²) in [7, 11) is 0. The Morgan fingerprint density at radius 3 is 1.98 bits per heavy atom. The molecule has 0 aromatic heterocycles. The van der Waals surface area contributed by atoms with Crippen molar-refractivity contribution in [3.63, 3.8) is 0 Å². The summed E-state index contributed by atoms with van der Waals surface area (Å²) < 4.78 is 11.0. The molecule has 0 saturated heterocycles. The van der Waals surface area contributed by atoms with E-state index in [1.54, 1.807) is 35.2 Å². The Morgan fingerprint density at radius 2 is 1.37 bits per heavy atom. The largest absolute Gasteiger partial charge is 0.508 e. The second kappa shape index (κ2) is 15.3. The monoisotopic (exact) mass is 622 g/mol. The van der Waals surface area contributed by atoms with Crippen molar-refractivity contribution in [2.45, 2.75) is 24.9 Å². The van der Waals surface area contributed by atoms with E-state index in [1.807, 2.05) is 72.8 Å². The molecule has 0 saturated carbocycles. The summed E-state index contributed by atoms with van der Waals surface area (Å²) in [6, 6.07) is 30.0. The smallest absolute Gasteiger partial charge is 0.254 e. The Balaban J connectivity index is 1.51. The molecule has 0 radical (unpaired) electrons. The lowest BCUT2D eigenvalue weighted by Crippen LogP contribution is -2.57. The Kier molecular flexibility index (Phi) is 10.8. The number of ether oxygens (including phenoxy) is 2. The molecule has 1 unspecified atom stereocenters. The molecule has 5 N–H and O–H groups in total. The first kappa shape index (κ1) is 32.4. The molecule has 1 heterocycles. The van der Waals surface area contributed by atoms with Gasteiger partial charge in [0.2, 0.25) is 12.7 Å². The molecule has 1 aliphatic rings. The number of Topliss-reactive ketones (excluding diaryl/α,β-unsaturated/α-hetero) is 1. The number of ketones is 1. The van der Waals surface area contributed by atoms with E-state index >= 15 is 0 Å². The van der Waals surface area contributed by atoms with Gasteiger partial charge < -0.3 is 26.0 Å². The Morgan fingerprint density at radius 1 is 0.761 bits per heavy atom. The van der Waals surface area contributed by atoms with Gasteiger partial charge in [-0.25, -0.2) is 0 Å². The van der Waals surface area contributed by atoms with Gasteiger partial charge >= 0.3 is 0 Å². The highest BCUT2D eigenvalue weighted by molar-refractivity contribution is 6.11. The maximum absolute atomic E-state index is 14.6. The molecular formula is C36H38N4O6. The van der Waals surface area contributed by atoms with Crippen molar-refractivity contribution in [1.82, 2.24) is 9.80 Å².